The van der Waals surface area contributed by atoms with Gasteiger partial charge in [-0.25, -0.2) is 0 Å². The van der Waals surface area contributed by atoms with Crippen molar-refractivity contribution >= 4 is 7.60 Å². The summed E-state index contributed by atoms with van der Waals surface area (Å²) in [5.74, 6) is 0. The summed E-state index contributed by atoms with van der Waals surface area (Å²) in [5.41, 5.74) is 32.5. The molecule has 9 nitrogen and oxygen atoms in total. The molecule has 0 rings (SSSR count). The predicted molar refractivity (Wildman–Crippen MR) is 74.4 cm³/mol. The highest BCUT2D eigenvalue weighted by Crippen LogP contribution is 2.50. The maximum absolute atomic E-state index is 12.5. The first-order valence-electron chi connectivity index (χ1n) is 6.21. The van der Waals surface area contributed by atoms with Crippen molar-refractivity contribution in [2.45, 2.75) is 51.0 Å². The molecule has 0 amide bonds. The maximum atomic E-state index is 12.5. The Morgan fingerprint density at radius 3 is 1.63 bits per heavy atom. The van der Waals surface area contributed by atoms with Crippen LogP contribution in [-0.4, -0.2) is 30.9 Å². The number of nitrogens with two attached hydrogens (primary N) is 6. The quantitative estimate of drug-likeness (QED) is 0.157. The SMILES string of the molecule is CCCCCP(=O)(OC(N)C(N)N)OC(N)C(N)N. The van der Waals surface area contributed by atoms with Crippen LogP contribution in [0.5, 0.6) is 0 Å². The van der Waals surface area contributed by atoms with Gasteiger partial charge < -0.3 is 34.4 Å². The first-order valence-corrected chi connectivity index (χ1v) is 7.94. The zero-order chi connectivity index (χ0) is 15.1. The van der Waals surface area contributed by atoms with E-state index in [-0.39, 0.29) is 6.16 Å². The van der Waals surface area contributed by atoms with Crippen LogP contribution in [0.15, 0.2) is 0 Å². The van der Waals surface area contributed by atoms with Crippen LogP contribution in [0.2, 0.25) is 0 Å². The largest absolute Gasteiger partial charge is 0.333 e. The van der Waals surface area contributed by atoms with Crippen LogP contribution >= 0.6 is 7.60 Å². The van der Waals surface area contributed by atoms with E-state index >= 15 is 0 Å². The molecule has 0 saturated heterocycles. The van der Waals surface area contributed by atoms with E-state index in [2.05, 4.69) is 0 Å². The second-order valence-corrected chi connectivity index (χ2v) is 6.43. The molecule has 2 unspecified atom stereocenters. The van der Waals surface area contributed by atoms with Crippen molar-refractivity contribution < 1.29 is 13.6 Å². The van der Waals surface area contributed by atoms with Gasteiger partial charge in [-0.2, -0.15) is 0 Å². The summed E-state index contributed by atoms with van der Waals surface area (Å²) in [6.07, 6.45) is -1.59. The molecule has 0 aromatic carbocycles. The van der Waals surface area contributed by atoms with E-state index in [1.165, 1.54) is 0 Å². The highest BCUT2D eigenvalue weighted by atomic mass is 31.2. The molecule has 0 saturated carbocycles. The summed E-state index contributed by atoms with van der Waals surface area (Å²) in [6, 6.07) is 0. The van der Waals surface area contributed by atoms with E-state index in [9.17, 15) is 4.57 Å². The van der Waals surface area contributed by atoms with Gasteiger partial charge in [-0.3, -0.25) is 13.6 Å². The van der Waals surface area contributed by atoms with E-state index in [0.29, 0.717) is 6.42 Å². The van der Waals surface area contributed by atoms with Gasteiger partial charge >= 0.3 is 7.60 Å². The number of rotatable bonds is 10. The van der Waals surface area contributed by atoms with Gasteiger partial charge in [-0.1, -0.05) is 19.8 Å². The lowest BCUT2D eigenvalue weighted by Crippen LogP contribution is -2.51. The molecule has 12 N–H and O–H groups in total. The molecule has 0 fully saturated rings. The third-order valence-electron chi connectivity index (χ3n) is 2.36. The average Bonchev–Trinajstić information content (AvgIpc) is 2.28. The standard InChI is InChI=1S/C9H27N6O3P/c1-2-3-4-5-19(16,17-8(14)6(10)11)18-9(15)7(12)13/h6-9H,2-5,10-15H2,1H3. The van der Waals surface area contributed by atoms with Gasteiger partial charge in [0, 0.05) is 0 Å². The normalized spacial score (nSPS) is 18.6. The van der Waals surface area contributed by atoms with Gasteiger partial charge in [0.15, 0.2) is 0 Å². The Balaban J connectivity index is 4.66. The molecule has 19 heavy (non-hydrogen) atoms. The Bertz CT molecular complexity index is 271. The summed E-state index contributed by atoms with van der Waals surface area (Å²) >= 11 is 0. The van der Waals surface area contributed by atoms with E-state index in [1.54, 1.807) is 0 Å². The lowest BCUT2D eigenvalue weighted by Gasteiger charge is -2.27. The van der Waals surface area contributed by atoms with Gasteiger partial charge in [0.1, 0.15) is 12.5 Å². The summed E-state index contributed by atoms with van der Waals surface area (Å²) in [7, 11) is -3.54. The lowest BCUT2D eigenvalue weighted by atomic mass is 10.3. The molecule has 0 spiro atoms. The van der Waals surface area contributed by atoms with Crippen LogP contribution in [-0.2, 0) is 13.6 Å². The summed E-state index contributed by atoms with van der Waals surface area (Å²) in [5, 5.41) is 0. The zero-order valence-corrected chi connectivity index (χ0v) is 12.2. The topological polar surface area (TPSA) is 192 Å². The third kappa shape index (κ3) is 7.93. The Morgan fingerprint density at radius 1 is 0.895 bits per heavy atom. The number of hydrogen-bond donors (Lipinski definition) is 6. The summed E-state index contributed by atoms with van der Waals surface area (Å²) in [4.78, 5) is 0. The van der Waals surface area contributed by atoms with Crippen LogP contribution in [0.1, 0.15) is 26.2 Å². The van der Waals surface area contributed by atoms with Gasteiger partial charge in [-0.05, 0) is 6.42 Å². The smallest absolute Gasteiger partial charge is 0.313 e. The summed E-state index contributed by atoms with van der Waals surface area (Å²) < 4.78 is 22.8. The second kappa shape index (κ2) is 8.96. The Morgan fingerprint density at radius 2 is 1.32 bits per heavy atom. The molecule has 0 bridgehead atoms. The van der Waals surface area contributed by atoms with Gasteiger partial charge in [0.05, 0.1) is 18.5 Å². The highest BCUT2D eigenvalue weighted by molar-refractivity contribution is 7.53. The molecule has 0 aliphatic rings. The molecule has 0 aliphatic heterocycles. The summed E-state index contributed by atoms with van der Waals surface area (Å²) in [6.45, 7) is 2.01. The fourth-order valence-corrected chi connectivity index (χ4v) is 3.09. The molecular weight excluding hydrogens is 271 g/mol. The minimum absolute atomic E-state index is 0.154. The Hall–Kier alpha value is -0.0900. The minimum atomic E-state index is -3.54. The third-order valence-corrected chi connectivity index (χ3v) is 4.35. The Labute approximate surface area is 113 Å². The molecule has 0 aromatic rings. The van der Waals surface area contributed by atoms with E-state index in [0.717, 1.165) is 12.8 Å². The van der Waals surface area contributed by atoms with Crippen LogP contribution < -0.4 is 34.4 Å². The van der Waals surface area contributed by atoms with Crippen LogP contribution in [0.4, 0.5) is 0 Å². The molecule has 0 aliphatic carbocycles. The zero-order valence-electron chi connectivity index (χ0n) is 11.3. The van der Waals surface area contributed by atoms with Gasteiger partial charge in [-0.15, -0.1) is 0 Å². The lowest BCUT2D eigenvalue weighted by molar-refractivity contribution is 0.0956. The predicted octanol–water partition coefficient (Wildman–Crippen LogP) is -1.54. The van der Waals surface area contributed by atoms with E-state index < -0.39 is 32.4 Å². The maximum Gasteiger partial charge on any atom is 0.333 e. The molecule has 0 radical (unpaired) electrons. The fourth-order valence-electron chi connectivity index (χ4n) is 1.20. The Kier molecular flexibility index (Phi) is 8.92. The van der Waals surface area contributed by atoms with Gasteiger partial charge in [0.2, 0.25) is 0 Å². The monoisotopic (exact) mass is 298 g/mol. The molecule has 116 valence electrons. The number of unbranched alkanes of at least 4 members (excludes halogenated alkanes) is 2. The highest BCUT2D eigenvalue weighted by Gasteiger charge is 2.32. The van der Waals surface area contributed by atoms with Crippen LogP contribution in [0.3, 0.4) is 0 Å². The fraction of sp³-hybridized carbons (Fsp3) is 1.00. The van der Waals surface area contributed by atoms with Gasteiger partial charge in [0.25, 0.3) is 0 Å². The molecule has 0 aromatic heterocycles. The minimum Gasteiger partial charge on any atom is -0.313 e. The number of hydrogen-bond acceptors (Lipinski definition) is 9. The van der Waals surface area contributed by atoms with E-state index in [4.69, 9.17) is 43.4 Å². The van der Waals surface area contributed by atoms with Crippen LogP contribution in [0.25, 0.3) is 0 Å². The van der Waals surface area contributed by atoms with Crippen LogP contribution in [0, 0.1) is 0 Å². The van der Waals surface area contributed by atoms with Crippen molar-refractivity contribution in [3.8, 4) is 0 Å². The van der Waals surface area contributed by atoms with Crippen molar-refractivity contribution in [2.24, 2.45) is 34.4 Å². The van der Waals surface area contributed by atoms with Crippen molar-refractivity contribution in [2.75, 3.05) is 6.16 Å². The van der Waals surface area contributed by atoms with Crippen molar-refractivity contribution in [3.63, 3.8) is 0 Å². The molecule has 10 heteroatoms. The first-order chi connectivity index (χ1) is 8.72. The second-order valence-electron chi connectivity index (χ2n) is 4.34. The van der Waals surface area contributed by atoms with Crippen molar-refractivity contribution in [1.29, 1.82) is 0 Å². The molecule has 0 heterocycles. The molecular formula is C9H27N6O3P. The first kappa shape index (κ1) is 18.9. The average molecular weight is 298 g/mol. The molecule has 2 atom stereocenters. The van der Waals surface area contributed by atoms with Crippen molar-refractivity contribution in [3.05, 3.63) is 0 Å². The van der Waals surface area contributed by atoms with E-state index in [1.807, 2.05) is 6.92 Å². The van der Waals surface area contributed by atoms with Crippen molar-refractivity contribution in [1.82, 2.24) is 0 Å².